The first-order valence-electron chi connectivity index (χ1n) is 8.57. The molecule has 1 atom stereocenters. The molecule has 1 aromatic heterocycles. The van der Waals surface area contributed by atoms with Gasteiger partial charge < -0.3 is 15.5 Å². The summed E-state index contributed by atoms with van der Waals surface area (Å²) in [5.74, 6) is 0.907. The Bertz CT molecular complexity index is 452. The molecule has 1 unspecified atom stereocenters. The maximum absolute atomic E-state index is 4.35. The van der Waals surface area contributed by atoms with Crippen LogP contribution in [-0.4, -0.2) is 69.6 Å². The number of nitrogens with one attached hydrogen (secondary N) is 2. The highest BCUT2D eigenvalue weighted by atomic mass is 32.1. The molecule has 2 rings (SSSR count). The van der Waals surface area contributed by atoms with Crippen molar-refractivity contribution < 1.29 is 0 Å². The van der Waals surface area contributed by atoms with E-state index < -0.39 is 0 Å². The molecule has 0 aliphatic carbocycles. The van der Waals surface area contributed by atoms with Crippen LogP contribution in [0.1, 0.15) is 30.2 Å². The number of nitrogens with zero attached hydrogens (tertiary/aromatic N) is 3. The lowest BCUT2D eigenvalue weighted by molar-refractivity contribution is 0.249. The molecular weight excluding hydrogens is 306 g/mol. The SMILES string of the molecule is CN=C(NCCCN(C)C)NCC(c1cccs1)N1CCCC1. The largest absolute Gasteiger partial charge is 0.356 e. The van der Waals surface area contributed by atoms with Crippen LogP contribution in [0.4, 0.5) is 0 Å². The van der Waals surface area contributed by atoms with Crippen LogP contribution >= 0.6 is 11.3 Å². The maximum Gasteiger partial charge on any atom is 0.191 e. The third-order valence-electron chi connectivity index (χ3n) is 4.21. The van der Waals surface area contributed by atoms with Gasteiger partial charge in [0.2, 0.25) is 0 Å². The van der Waals surface area contributed by atoms with Gasteiger partial charge in [-0.2, -0.15) is 0 Å². The average molecular weight is 338 g/mol. The fraction of sp³-hybridized carbons (Fsp3) is 0.706. The molecular formula is C17H31N5S. The Morgan fingerprint density at radius 3 is 2.74 bits per heavy atom. The molecule has 6 heteroatoms. The second-order valence-corrected chi connectivity index (χ2v) is 7.29. The summed E-state index contributed by atoms with van der Waals surface area (Å²) in [6, 6.07) is 4.86. The van der Waals surface area contributed by atoms with E-state index in [-0.39, 0.29) is 0 Å². The lowest BCUT2D eigenvalue weighted by atomic mass is 10.2. The molecule has 0 spiro atoms. The van der Waals surface area contributed by atoms with E-state index in [1.807, 2.05) is 18.4 Å². The van der Waals surface area contributed by atoms with Crippen molar-refractivity contribution in [3.8, 4) is 0 Å². The Balaban J connectivity index is 1.82. The first kappa shape index (κ1) is 18.2. The number of guanidine groups is 1. The van der Waals surface area contributed by atoms with Gasteiger partial charge in [0, 0.05) is 25.0 Å². The summed E-state index contributed by atoms with van der Waals surface area (Å²) >= 11 is 1.85. The summed E-state index contributed by atoms with van der Waals surface area (Å²) in [7, 11) is 6.06. The molecule has 2 heterocycles. The Morgan fingerprint density at radius 2 is 2.13 bits per heavy atom. The quantitative estimate of drug-likeness (QED) is 0.433. The molecule has 1 saturated heterocycles. The topological polar surface area (TPSA) is 42.9 Å². The van der Waals surface area contributed by atoms with Gasteiger partial charge in [0.1, 0.15) is 0 Å². The number of likely N-dealkylation sites (tertiary alicyclic amines) is 1. The molecule has 1 fully saturated rings. The monoisotopic (exact) mass is 337 g/mol. The number of rotatable bonds is 8. The van der Waals surface area contributed by atoms with Crippen LogP contribution in [0.5, 0.6) is 0 Å². The molecule has 2 N–H and O–H groups in total. The average Bonchev–Trinajstić information content (AvgIpc) is 3.23. The zero-order valence-electron chi connectivity index (χ0n) is 14.7. The van der Waals surface area contributed by atoms with Gasteiger partial charge in [-0.1, -0.05) is 6.07 Å². The van der Waals surface area contributed by atoms with Crippen molar-refractivity contribution in [2.75, 3.05) is 53.9 Å². The normalized spacial score (nSPS) is 17.7. The predicted octanol–water partition coefficient (Wildman–Crippen LogP) is 2.00. The number of hydrogen-bond acceptors (Lipinski definition) is 4. The van der Waals surface area contributed by atoms with Crippen LogP contribution in [0.3, 0.4) is 0 Å². The van der Waals surface area contributed by atoms with Crippen molar-refractivity contribution in [2.24, 2.45) is 4.99 Å². The minimum absolute atomic E-state index is 0.456. The fourth-order valence-electron chi connectivity index (χ4n) is 2.96. The molecule has 23 heavy (non-hydrogen) atoms. The standard InChI is InChI=1S/C17H31N5S/c1-18-17(19-9-7-10-21(2)3)20-14-15(16-8-6-13-23-16)22-11-4-5-12-22/h6,8,13,15H,4-5,7,9-12,14H2,1-3H3,(H2,18,19,20). The second kappa shape index (κ2) is 9.90. The molecule has 0 amide bonds. The van der Waals surface area contributed by atoms with Crippen molar-refractivity contribution >= 4 is 17.3 Å². The van der Waals surface area contributed by atoms with E-state index in [0.717, 1.165) is 32.0 Å². The maximum atomic E-state index is 4.35. The van der Waals surface area contributed by atoms with Gasteiger partial charge in [0.25, 0.3) is 0 Å². The molecule has 0 bridgehead atoms. The Hall–Kier alpha value is -1.11. The van der Waals surface area contributed by atoms with E-state index in [4.69, 9.17) is 0 Å². The van der Waals surface area contributed by atoms with Crippen molar-refractivity contribution in [3.63, 3.8) is 0 Å². The summed E-state index contributed by atoms with van der Waals surface area (Å²) < 4.78 is 0. The minimum atomic E-state index is 0.456. The first-order valence-corrected chi connectivity index (χ1v) is 9.45. The molecule has 130 valence electrons. The van der Waals surface area contributed by atoms with E-state index in [9.17, 15) is 0 Å². The van der Waals surface area contributed by atoms with Crippen molar-refractivity contribution in [2.45, 2.75) is 25.3 Å². The zero-order chi connectivity index (χ0) is 16.5. The minimum Gasteiger partial charge on any atom is -0.356 e. The van der Waals surface area contributed by atoms with Crippen LogP contribution in [0, 0.1) is 0 Å². The zero-order valence-corrected chi connectivity index (χ0v) is 15.5. The van der Waals surface area contributed by atoms with Crippen LogP contribution in [0.2, 0.25) is 0 Å². The molecule has 1 aliphatic rings. The van der Waals surface area contributed by atoms with Gasteiger partial charge in [-0.25, -0.2) is 0 Å². The highest BCUT2D eigenvalue weighted by Gasteiger charge is 2.24. The first-order chi connectivity index (χ1) is 11.2. The highest BCUT2D eigenvalue weighted by molar-refractivity contribution is 7.10. The molecule has 0 saturated carbocycles. The Morgan fingerprint density at radius 1 is 1.35 bits per heavy atom. The van der Waals surface area contributed by atoms with Crippen LogP contribution in [0.15, 0.2) is 22.5 Å². The summed E-state index contributed by atoms with van der Waals surface area (Å²) in [6.45, 7) is 5.37. The van der Waals surface area contributed by atoms with Gasteiger partial charge >= 0.3 is 0 Å². The van der Waals surface area contributed by atoms with E-state index in [1.165, 1.54) is 30.8 Å². The smallest absolute Gasteiger partial charge is 0.191 e. The van der Waals surface area contributed by atoms with E-state index in [2.05, 4.69) is 57.0 Å². The van der Waals surface area contributed by atoms with Gasteiger partial charge in [-0.15, -0.1) is 11.3 Å². The molecule has 1 aliphatic heterocycles. The van der Waals surface area contributed by atoms with E-state index >= 15 is 0 Å². The summed E-state index contributed by atoms with van der Waals surface area (Å²) in [6.07, 6.45) is 3.76. The molecule has 0 radical (unpaired) electrons. The third-order valence-corrected chi connectivity index (χ3v) is 5.19. The van der Waals surface area contributed by atoms with Crippen LogP contribution in [0.25, 0.3) is 0 Å². The number of hydrogen-bond donors (Lipinski definition) is 2. The van der Waals surface area contributed by atoms with Gasteiger partial charge in [0.15, 0.2) is 5.96 Å². The molecule has 0 aromatic carbocycles. The Kier molecular flexibility index (Phi) is 7.85. The predicted molar refractivity (Wildman–Crippen MR) is 100 cm³/mol. The van der Waals surface area contributed by atoms with Gasteiger partial charge in [0.05, 0.1) is 6.04 Å². The summed E-state index contributed by atoms with van der Waals surface area (Å²) in [5, 5.41) is 9.10. The number of aliphatic imine (C=N–C) groups is 1. The fourth-order valence-corrected chi connectivity index (χ4v) is 3.82. The number of thiophene rings is 1. The van der Waals surface area contributed by atoms with Crippen molar-refractivity contribution in [3.05, 3.63) is 22.4 Å². The molecule has 5 nitrogen and oxygen atoms in total. The molecule has 1 aromatic rings. The van der Waals surface area contributed by atoms with Gasteiger partial charge in [-0.05, 0) is 64.4 Å². The summed E-state index contributed by atoms with van der Waals surface area (Å²) in [5.41, 5.74) is 0. The van der Waals surface area contributed by atoms with Crippen molar-refractivity contribution in [1.29, 1.82) is 0 Å². The third kappa shape index (κ3) is 6.12. The van der Waals surface area contributed by atoms with E-state index in [0.29, 0.717) is 6.04 Å². The highest BCUT2D eigenvalue weighted by Crippen LogP contribution is 2.27. The van der Waals surface area contributed by atoms with E-state index in [1.54, 1.807) is 0 Å². The lowest BCUT2D eigenvalue weighted by Gasteiger charge is -2.27. The summed E-state index contributed by atoms with van der Waals surface area (Å²) in [4.78, 5) is 10.6. The second-order valence-electron chi connectivity index (χ2n) is 6.31. The van der Waals surface area contributed by atoms with Gasteiger partial charge in [-0.3, -0.25) is 9.89 Å². The van der Waals surface area contributed by atoms with Crippen LogP contribution < -0.4 is 10.6 Å². The van der Waals surface area contributed by atoms with Crippen LogP contribution in [-0.2, 0) is 0 Å². The lowest BCUT2D eigenvalue weighted by Crippen LogP contribution is -2.43. The Labute approximate surface area is 144 Å². The van der Waals surface area contributed by atoms with Crippen molar-refractivity contribution in [1.82, 2.24) is 20.4 Å².